The van der Waals surface area contributed by atoms with Crippen molar-refractivity contribution in [2.75, 3.05) is 5.32 Å². The number of hydrogen-bond acceptors (Lipinski definition) is 3. The normalized spacial score (nSPS) is 11.0. The van der Waals surface area contributed by atoms with Gasteiger partial charge in [0.15, 0.2) is 4.96 Å². The number of thiazole rings is 1. The van der Waals surface area contributed by atoms with Gasteiger partial charge in [0, 0.05) is 23.2 Å². The maximum atomic E-state index is 13.7. The minimum Gasteiger partial charge on any atom is -0.318 e. The summed E-state index contributed by atoms with van der Waals surface area (Å²) in [6.07, 6.45) is 1.75. The molecule has 2 heterocycles. The van der Waals surface area contributed by atoms with Crippen LogP contribution in [0.4, 0.5) is 14.5 Å². The molecular formula is C18H11F2N3OS. The van der Waals surface area contributed by atoms with Gasteiger partial charge in [-0.1, -0.05) is 30.3 Å². The van der Waals surface area contributed by atoms with Gasteiger partial charge < -0.3 is 5.32 Å². The van der Waals surface area contributed by atoms with E-state index in [1.165, 1.54) is 11.3 Å². The smallest absolute Gasteiger partial charge is 0.273 e. The molecule has 0 spiro atoms. The number of rotatable bonds is 3. The van der Waals surface area contributed by atoms with Crippen LogP contribution in [-0.4, -0.2) is 15.3 Å². The summed E-state index contributed by atoms with van der Waals surface area (Å²) in [5.74, 6) is -1.86. The van der Waals surface area contributed by atoms with Gasteiger partial charge in [-0.2, -0.15) is 0 Å². The van der Waals surface area contributed by atoms with Crippen LogP contribution in [0, 0.1) is 11.6 Å². The molecule has 4 aromatic rings. The highest BCUT2D eigenvalue weighted by molar-refractivity contribution is 7.15. The second kappa shape index (κ2) is 6.10. The molecule has 7 heteroatoms. The molecule has 2 aromatic heterocycles. The lowest BCUT2D eigenvalue weighted by molar-refractivity contribution is 0.102. The number of nitrogens with one attached hydrogen (secondary N) is 1. The zero-order valence-corrected chi connectivity index (χ0v) is 13.6. The minimum absolute atomic E-state index is 0.201. The highest BCUT2D eigenvalue weighted by Gasteiger charge is 2.17. The summed E-state index contributed by atoms with van der Waals surface area (Å²) in [6.45, 7) is 0. The van der Waals surface area contributed by atoms with Crippen molar-refractivity contribution in [3.63, 3.8) is 0 Å². The topological polar surface area (TPSA) is 46.4 Å². The highest BCUT2D eigenvalue weighted by atomic mass is 32.1. The Kier molecular flexibility index (Phi) is 3.77. The van der Waals surface area contributed by atoms with Crippen LogP contribution in [-0.2, 0) is 0 Å². The maximum absolute atomic E-state index is 13.7. The van der Waals surface area contributed by atoms with Gasteiger partial charge in [0.1, 0.15) is 17.3 Å². The molecule has 1 N–H and O–H groups in total. The molecule has 0 aliphatic rings. The first-order chi connectivity index (χ1) is 12.1. The number of nitrogens with zero attached hydrogens (tertiary/aromatic N) is 2. The second-order valence-electron chi connectivity index (χ2n) is 5.34. The summed E-state index contributed by atoms with van der Waals surface area (Å²) in [7, 11) is 0. The summed E-state index contributed by atoms with van der Waals surface area (Å²) in [5, 5.41) is 4.03. The predicted molar refractivity (Wildman–Crippen MR) is 92.8 cm³/mol. The van der Waals surface area contributed by atoms with E-state index < -0.39 is 17.5 Å². The molecule has 0 atom stereocenters. The van der Waals surface area contributed by atoms with Crippen LogP contribution in [0.15, 0.2) is 60.1 Å². The molecule has 2 aromatic carbocycles. The monoisotopic (exact) mass is 355 g/mol. The standard InChI is InChI=1S/C18H11F2N3OS/c19-12-6-7-13(20)14(8-12)21-17(24)16-10-25-18-22-15(9-23(16)18)11-4-2-1-3-5-11/h1-10H,(H,21,24). The number of hydrogen-bond donors (Lipinski definition) is 1. The number of halogens is 2. The lowest BCUT2D eigenvalue weighted by atomic mass is 10.2. The van der Waals surface area contributed by atoms with Crippen LogP contribution in [0.1, 0.15) is 10.5 Å². The van der Waals surface area contributed by atoms with Crippen molar-refractivity contribution >= 4 is 27.9 Å². The Morgan fingerprint density at radius 3 is 2.72 bits per heavy atom. The van der Waals surface area contributed by atoms with Crippen molar-refractivity contribution in [2.24, 2.45) is 0 Å². The molecular weight excluding hydrogens is 344 g/mol. The van der Waals surface area contributed by atoms with Crippen LogP contribution in [0.2, 0.25) is 0 Å². The number of carbonyl (C=O) groups excluding carboxylic acids is 1. The van der Waals surface area contributed by atoms with E-state index in [0.717, 1.165) is 29.5 Å². The van der Waals surface area contributed by atoms with Gasteiger partial charge in [-0.25, -0.2) is 13.8 Å². The maximum Gasteiger partial charge on any atom is 0.273 e. The lowest BCUT2D eigenvalue weighted by Gasteiger charge is -2.05. The fourth-order valence-corrected chi connectivity index (χ4v) is 3.33. The van der Waals surface area contributed by atoms with E-state index in [4.69, 9.17) is 0 Å². The van der Waals surface area contributed by atoms with Gasteiger partial charge in [0.05, 0.1) is 11.4 Å². The summed E-state index contributed by atoms with van der Waals surface area (Å²) in [4.78, 5) is 17.6. The van der Waals surface area contributed by atoms with Gasteiger partial charge in [-0.05, 0) is 12.1 Å². The molecule has 124 valence electrons. The largest absolute Gasteiger partial charge is 0.318 e. The number of imidazole rings is 1. The van der Waals surface area contributed by atoms with Crippen molar-refractivity contribution in [3.05, 3.63) is 77.4 Å². The predicted octanol–water partition coefficient (Wildman–Crippen LogP) is 4.59. The Hall–Kier alpha value is -3.06. The SMILES string of the molecule is O=C(Nc1cc(F)ccc1F)c1csc2nc(-c3ccccc3)cn12. The van der Waals surface area contributed by atoms with Crippen molar-refractivity contribution < 1.29 is 13.6 Å². The minimum atomic E-state index is -0.697. The third kappa shape index (κ3) is 2.89. The fraction of sp³-hybridized carbons (Fsp3) is 0. The third-order valence-electron chi connectivity index (χ3n) is 3.69. The van der Waals surface area contributed by atoms with E-state index in [0.29, 0.717) is 10.7 Å². The van der Waals surface area contributed by atoms with E-state index in [2.05, 4.69) is 10.3 Å². The van der Waals surface area contributed by atoms with Gasteiger partial charge in [0.2, 0.25) is 0 Å². The molecule has 0 aliphatic heterocycles. The summed E-state index contributed by atoms with van der Waals surface area (Å²) in [6, 6.07) is 12.5. The molecule has 0 radical (unpaired) electrons. The molecule has 0 unspecified atom stereocenters. The van der Waals surface area contributed by atoms with E-state index >= 15 is 0 Å². The Labute approximate surface area is 145 Å². The molecule has 4 nitrogen and oxygen atoms in total. The van der Waals surface area contributed by atoms with E-state index in [1.54, 1.807) is 16.0 Å². The lowest BCUT2D eigenvalue weighted by Crippen LogP contribution is -2.15. The van der Waals surface area contributed by atoms with E-state index in [9.17, 15) is 13.6 Å². The molecule has 1 amide bonds. The quantitative estimate of drug-likeness (QED) is 0.584. The fourth-order valence-electron chi connectivity index (χ4n) is 2.47. The van der Waals surface area contributed by atoms with Crippen molar-refractivity contribution in [2.45, 2.75) is 0 Å². The summed E-state index contributed by atoms with van der Waals surface area (Å²) < 4.78 is 28.6. The summed E-state index contributed by atoms with van der Waals surface area (Å²) in [5.41, 5.74) is 1.77. The highest BCUT2D eigenvalue weighted by Crippen LogP contribution is 2.24. The zero-order chi connectivity index (χ0) is 17.4. The third-order valence-corrected chi connectivity index (χ3v) is 4.53. The van der Waals surface area contributed by atoms with Crippen molar-refractivity contribution in [1.82, 2.24) is 9.38 Å². The van der Waals surface area contributed by atoms with Crippen molar-refractivity contribution in [3.8, 4) is 11.3 Å². The van der Waals surface area contributed by atoms with Crippen LogP contribution < -0.4 is 5.32 Å². The van der Waals surface area contributed by atoms with Gasteiger partial charge >= 0.3 is 0 Å². The van der Waals surface area contributed by atoms with Gasteiger partial charge in [-0.3, -0.25) is 9.20 Å². The average Bonchev–Trinajstić information content (AvgIpc) is 3.19. The number of carbonyl (C=O) groups is 1. The van der Waals surface area contributed by atoms with Gasteiger partial charge in [0.25, 0.3) is 5.91 Å². The van der Waals surface area contributed by atoms with Crippen LogP contribution in [0.5, 0.6) is 0 Å². The molecule has 0 fully saturated rings. The molecule has 25 heavy (non-hydrogen) atoms. The first-order valence-electron chi connectivity index (χ1n) is 7.40. The molecule has 0 bridgehead atoms. The Bertz CT molecular complexity index is 1070. The van der Waals surface area contributed by atoms with Crippen LogP contribution in [0.25, 0.3) is 16.2 Å². The second-order valence-corrected chi connectivity index (χ2v) is 6.18. The van der Waals surface area contributed by atoms with Gasteiger partial charge in [-0.15, -0.1) is 11.3 Å². The number of amides is 1. The molecule has 4 rings (SSSR count). The molecule has 0 aliphatic carbocycles. The van der Waals surface area contributed by atoms with E-state index in [1.807, 2.05) is 30.3 Å². The number of aromatic nitrogens is 2. The Morgan fingerprint density at radius 2 is 1.92 bits per heavy atom. The Morgan fingerprint density at radius 1 is 1.12 bits per heavy atom. The average molecular weight is 355 g/mol. The molecule has 0 saturated carbocycles. The molecule has 0 saturated heterocycles. The number of anilines is 1. The summed E-state index contributed by atoms with van der Waals surface area (Å²) >= 11 is 1.30. The zero-order valence-electron chi connectivity index (χ0n) is 12.7. The van der Waals surface area contributed by atoms with Crippen LogP contribution >= 0.6 is 11.3 Å². The Balaban J connectivity index is 1.68. The number of fused-ring (bicyclic) bond motifs is 1. The first kappa shape index (κ1) is 15.5. The van der Waals surface area contributed by atoms with Crippen molar-refractivity contribution in [1.29, 1.82) is 0 Å². The first-order valence-corrected chi connectivity index (χ1v) is 8.28. The van der Waals surface area contributed by atoms with E-state index in [-0.39, 0.29) is 5.69 Å². The number of benzene rings is 2. The van der Waals surface area contributed by atoms with Crippen LogP contribution in [0.3, 0.4) is 0 Å².